The largest absolute Gasteiger partial charge is 0.481 e. The van der Waals surface area contributed by atoms with Crippen molar-refractivity contribution in [3.8, 4) is 5.88 Å². The fraction of sp³-hybridized carbons (Fsp3) is 0.312. The van der Waals surface area contributed by atoms with Crippen molar-refractivity contribution < 1.29 is 9.53 Å². The minimum atomic E-state index is -0.246. The molecular formula is C16H17BrN4O2. The van der Waals surface area contributed by atoms with Crippen molar-refractivity contribution in [1.82, 2.24) is 15.3 Å². The number of pyridine rings is 2. The zero-order chi connectivity index (χ0) is 16.2. The van der Waals surface area contributed by atoms with Crippen LogP contribution < -0.4 is 15.4 Å². The second-order valence-corrected chi connectivity index (χ2v) is 6.26. The van der Waals surface area contributed by atoms with Gasteiger partial charge in [0.1, 0.15) is 0 Å². The average molecular weight is 377 g/mol. The van der Waals surface area contributed by atoms with Crippen molar-refractivity contribution in [2.24, 2.45) is 5.92 Å². The summed E-state index contributed by atoms with van der Waals surface area (Å²) in [6, 6.07) is 5.20. The van der Waals surface area contributed by atoms with Crippen molar-refractivity contribution >= 4 is 27.6 Å². The van der Waals surface area contributed by atoms with Crippen LogP contribution in [0, 0.1) is 5.92 Å². The van der Waals surface area contributed by atoms with Gasteiger partial charge < -0.3 is 15.4 Å². The lowest BCUT2D eigenvalue weighted by Gasteiger charge is -2.19. The second-order valence-electron chi connectivity index (χ2n) is 5.40. The quantitative estimate of drug-likeness (QED) is 0.836. The predicted molar refractivity (Wildman–Crippen MR) is 90.3 cm³/mol. The normalized spacial score (nSPS) is 14.9. The van der Waals surface area contributed by atoms with Gasteiger partial charge in [-0.25, -0.2) is 9.78 Å². The van der Waals surface area contributed by atoms with Crippen LogP contribution in [0.15, 0.2) is 41.3 Å². The Balaban J connectivity index is 1.69. The Kier molecular flexibility index (Phi) is 4.76. The van der Waals surface area contributed by atoms with Crippen molar-refractivity contribution in [1.29, 1.82) is 0 Å². The van der Waals surface area contributed by atoms with Gasteiger partial charge in [0.15, 0.2) is 0 Å². The molecule has 2 heterocycles. The maximum Gasteiger partial charge on any atom is 0.319 e. The van der Waals surface area contributed by atoms with Crippen molar-refractivity contribution in [3.63, 3.8) is 0 Å². The van der Waals surface area contributed by atoms with Crippen molar-refractivity contribution in [3.05, 3.63) is 46.8 Å². The Hall–Kier alpha value is -2.15. The molecule has 1 atom stereocenters. The van der Waals surface area contributed by atoms with Crippen LogP contribution in [0.2, 0.25) is 0 Å². The third-order valence-electron chi connectivity index (χ3n) is 3.73. The molecule has 0 aromatic carbocycles. The molecule has 2 aromatic rings. The van der Waals surface area contributed by atoms with E-state index < -0.39 is 0 Å². The molecule has 0 spiro atoms. The number of anilines is 1. The molecular weight excluding hydrogens is 360 g/mol. The highest BCUT2D eigenvalue weighted by Gasteiger charge is 2.33. The zero-order valence-corrected chi connectivity index (χ0v) is 14.2. The number of nitrogens with one attached hydrogen (secondary N) is 2. The number of methoxy groups -OCH3 is 1. The van der Waals surface area contributed by atoms with Gasteiger partial charge in [0.05, 0.1) is 23.3 Å². The van der Waals surface area contributed by atoms with Crippen LogP contribution in [0.3, 0.4) is 0 Å². The second kappa shape index (κ2) is 6.95. The molecule has 1 aliphatic carbocycles. The summed E-state index contributed by atoms with van der Waals surface area (Å²) in [6.07, 6.45) is 7.24. The number of hydrogen-bond acceptors (Lipinski definition) is 4. The lowest BCUT2D eigenvalue weighted by Crippen LogP contribution is -2.33. The van der Waals surface area contributed by atoms with Gasteiger partial charge in [-0.2, -0.15) is 0 Å². The van der Waals surface area contributed by atoms with Crippen LogP contribution in [0.5, 0.6) is 5.88 Å². The number of hydrogen-bond donors (Lipinski definition) is 2. The van der Waals surface area contributed by atoms with E-state index in [0.29, 0.717) is 17.5 Å². The molecule has 7 heteroatoms. The lowest BCUT2D eigenvalue weighted by atomic mass is 10.0. The smallest absolute Gasteiger partial charge is 0.319 e. The summed E-state index contributed by atoms with van der Waals surface area (Å²) in [4.78, 5) is 20.5. The molecule has 2 N–H and O–H groups in total. The Bertz CT molecular complexity index is 689. The van der Waals surface area contributed by atoms with Crippen molar-refractivity contribution in [2.75, 3.05) is 12.4 Å². The SMILES string of the molecule is COc1ccc(C(NC(=O)Nc2ccncc2Br)C2CC2)cn1. The van der Waals surface area contributed by atoms with E-state index in [1.807, 2.05) is 12.1 Å². The standard InChI is InChI=1S/C16H17BrN4O2/c1-23-14-5-4-11(8-19-14)15(10-2-3-10)21-16(22)20-13-6-7-18-9-12(13)17/h4-10,15H,2-3H2,1H3,(H2,18,20,21,22). The first-order valence-corrected chi connectivity index (χ1v) is 8.13. The molecule has 23 heavy (non-hydrogen) atoms. The van der Waals surface area contributed by atoms with Gasteiger partial charge in [-0.1, -0.05) is 6.07 Å². The molecule has 3 rings (SSSR count). The Morgan fingerprint density at radius 3 is 2.78 bits per heavy atom. The molecule has 0 bridgehead atoms. The van der Waals surface area contributed by atoms with Gasteiger partial charge >= 0.3 is 6.03 Å². The van der Waals surface area contributed by atoms with Gasteiger partial charge in [0, 0.05) is 24.7 Å². The minimum Gasteiger partial charge on any atom is -0.481 e. The molecule has 120 valence electrons. The van der Waals surface area contributed by atoms with Crippen LogP contribution in [0.1, 0.15) is 24.4 Å². The minimum absolute atomic E-state index is 0.0472. The molecule has 1 unspecified atom stereocenters. The average Bonchev–Trinajstić information content (AvgIpc) is 3.40. The highest BCUT2D eigenvalue weighted by molar-refractivity contribution is 9.10. The highest BCUT2D eigenvalue weighted by Crippen LogP contribution is 2.41. The summed E-state index contributed by atoms with van der Waals surface area (Å²) in [7, 11) is 1.58. The monoisotopic (exact) mass is 376 g/mol. The number of carbonyl (C=O) groups excluding carboxylic acids is 1. The number of aromatic nitrogens is 2. The van der Waals surface area contributed by atoms with E-state index in [0.717, 1.165) is 22.9 Å². The molecule has 0 aliphatic heterocycles. The number of urea groups is 1. The summed E-state index contributed by atoms with van der Waals surface area (Å²) < 4.78 is 5.82. The molecule has 1 fully saturated rings. The number of ether oxygens (including phenoxy) is 1. The van der Waals surface area contributed by atoms with E-state index in [1.54, 1.807) is 31.8 Å². The first kappa shape index (κ1) is 15.7. The van der Waals surface area contributed by atoms with Crippen LogP contribution in [0.25, 0.3) is 0 Å². The molecule has 1 aliphatic rings. The Morgan fingerprint density at radius 1 is 1.35 bits per heavy atom. The van der Waals surface area contributed by atoms with Crippen LogP contribution >= 0.6 is 15.9 Å². The molecule has 1 saturated carbocycles. The van der Waals surface area contributed by atoms with Gasteiger partial charge in [0.25, 0.3) is 0 Å². The summed E-state index contributed by atoms with van der Waals surface area (Å²) in [5.74, 6) is 1.02. The molecule has 0 saturated heterocycles. The van der Waals surface area contributed by atoms with E-state index in [4.69, 9.17) is 4.74 Å². The summed E-state index contributed by atoms with van der Waals surface area (Å²) in [5.41, 5.74) is 1.66. The first-order valence-electron chi connectivity index (χ1n) is 7.34. The topological polar surface area (TPSA) is 76.1 Å². The number of halogens is 1. The fourth-order valence-electron chi connectivity index (χ4n) is 2.38. The maximum atomic E-state index is 12.3. The number of amides is 2. The van der Waals surface area contributed by atoms with E-state index in [2.05, 4.69) is 36.5 Å². The van der Waals surface area contributed by atoms with Gasteiger partial charge in [-0.3, -0.25) is 4.98 Å². The summed E-state index contributed by atoms with van der Waals surface area (Å²) >= 11 is 3.36. The van der Waals surface area contributed by atoms with E-state index in [9.17, 15) is 4.79 Å². The Labute approximate surface area is 142 Å². The summed E-state index contributed by atoms with van der Waals surface area (Å²) in [5, 5.41) is 5.87. The number of rotatable bonds is 5. The van der Waals surface area contributed by atoms with Gasteiger partial charge in [0.2, 0.25) is 5.88 Å². The molecule has 0 radical (unpaired) electrons. The molecule has 6 nitrogen and oxygen atoms in total. The van der Waals surface area contributed by atoms with E-state index in [1.165, 1.54) is 0 Å². The van der Waals surface area contributed by atoms with Gasteiger partial charge in [-0.05, 0) is 46.3 Å². The molecule has 2 amide bonds. The van der Waals surface area contributed by atoms with E-state index >= 15 is 0 Å². The first-order chi connectivity index (χ1) is 11.2. The van der Waals surface area contributed by atoms with Gasteiger partial charge in [-0.15, -0.1) is 0 Å². The third-order valence-corrected chi connectivity index (χ3v) is 4.36. The Morgan fingerprint density at radius 2 is 2.17 bits per heavy atom. The van der Waals surface area contributed by atoms with Crippen LogP contribution in [0.4, 0.5) is 10.5 Å². The predicted octanol–water partition coefficient (Wildman–Crippen LogP) is 3.52. The fourth-order valence-corrected chi connectivity index (χ4v) is 2.73. The third kappa shape index (κ3) is 3.98. The maximum absolute atomic E-state index is 12.3. The number of carbonyl (C=O) groups is 1. The lowest BCUT2D eigenvalue weighted by molar-refractivity contribution is 0.247. The summed E-state index contributed by atoms with van der Waals surface area (Å²) in [6.45, 7) is 0. The highest BCUT2D eigenvalue weighted by atomic mass is 79.9. The van der Waals surface area contributed by atoms with Crippen LogP contribution in [-0.4, -0.2) is 23.1 Å². The van der Waals surface area contributed by atoms with E-state index in [-0.39, 0.29) is 12.1 Å². The van der Waals surface area contributed by atoms with Crippen LogP contribution in [-0.2, 0) is 0 Å². The van der Waals surface area contributed by atoms with Crippen molar-refractivity contribution in [2.45, 2.75) is 18.9 Å². The number of nitrogens with zero attached hydrogens (tertiary/aromatic N) is 2. The zero-order valence-electron chi connectivity index (χ0n) is 12.6. The molecule has 2 aromatic heterocycles.